The van der Waals surface area contributed by atoms with Gasteiger partial charge in [0.1, 0.15) is 0 Å². The molecule has 3 aromatic rings. The van der Waals surface area contributed by atoms with Crippen molar-refractivity contribution in [3.63, 3.8) is 0 Å². The van der Waals surface area contributed by atoms with Crippen LogP contribution in [0.15, 0.2) is 30.6 Å². The molecule has 2 fully saturated rings. The molecule has 0 N–H and O–H groups in total. The largest absolute Gasteiger partial charge is 0.378 e. The van der Waals surface area contributed by atoms with Crippen molar-refractivity contribution in [1.29, 1.82) is 0 Å². The Bertz CT molecular complexity index is 979. The molecule has 5 rings (SSSR count). The van der Waals surface area contributed by atoms with Crippen molar-refractivity contribution in [2.75, 3.05) is 49.2 Å². The maximum absolute atomic E-state index is 5.91. The van der Waals surface area contributed by atoms with Gasteiger partial charge < -0.3 is 19.3 Å². The van der Waals surface area contributed by atoms with E-state index < -0.39 is 0 Å². The molecule has 2 atom stereocenters. The fourth-order valence-corrected chi connectivity index (χ4v) is 5.15. The first kappa shape index (κ1) is 18.7. The summed E-state index contributed by atoms with van der Waals surface area (Å²) < 4.78 is 12.6. The average molecular weight is 412 g/mol. The van der Waals surface area contributed by atoms with Gasteiger partial charge in [0.15, 0.2) is 5.82 Å². The summed E-state index contributed by atoms with van der Waals surface area (Å²) in [5.74, 6) is 1.81. The van der Waals surface area contributed by atoms with Gasteiger partial charge in [0.05, 0.1) is 35.6 Å². The summed E-state index contributed by atoms with van der Waals surface area (Å²) in [7, 11) is 0. The normalized spacial score (nSPS) is 23.0. The molecule has 0 aromatic carbocycles. The molecule has 0 spiro atoms. The van der Waals surface area contributed by atoms with Gasteiger partial charge in [-0.1, -0.05) is 0 Å². The Labute approximate surface area is 174 Å². The van der Waals surface area contributed by atoms with Gasteiger partial charge in [-0.15, -0.1) is 11.3 Å². The standard InChI is InChI=1S/C21H25N5O2S/c1-14-12-26(13-15(2)28-14)21-23-17-11-18(16-3-5-22-6-4-16)29-19(17)20(24-21)25-7-9-27-10-8-25/h3-6,11,14-15H,7-10,12-13H2,1-2H3/t14-,15+. The second kappa shape index (κ2) is 7.85. The third kappa shape index (κ3) is 3.80. The van der Waals surface area contributed by atoms with E-state index in [-0.39, 0.29) is 12.2 Å². The van der Waals surface area contributed by atoms with Gasteiger partial charge in [-0.2, -0.15) is 4.98 Å². The highest BCUT2D eigenvalue weighted by Gasteiger charge is 2.27. The third-order valence-corrected chi connectivity index (χ3v) is 6.49. The van der Waals surface area contributed by atoms with Gasteiger partial charge in [0.2, 0.25) is 5.95 Å². The Kier molecular flexibility index (Phi) is 5.07. The Morgan fingerprint density at radius 1 is 1.00 bits per heavy atom. The van der Waals surface area contributed by atoms with Crippen LogP contribution in [0.4, 0.5) is 11.8 Å². The number of rotatable bonds is 3. The smallest absolute Gasteiger partial charge is 0.228 e. The number of hydrogen-bond acceptors (Lipinski definition) is 8. The molecule has 5 heterocycles. The molecule has 0 bridgehead atoms. The quantitative estimate of drug-likeness (QED) is 0.656. The molecule has 2 aliphatic rings. The van der Waals surface area contributed by atoms with Crippen molar-refractivity contribution < 1.29 is 9.47 Å². The van der Waals surface area contributed by atoms with Crippen LogP contribution in [0.2, 0.25) is 0 Å². The summed E-state index contributed by atoms with van der Waals surface area (Å²) in [6.07, 6.45) is 3.99. The molecule has 2 saturated heterocycles. The van der Waals surface area contributed by atoms with Gasteiger partial charge in [-0.25, -0.2) is 4.98 Å². The summed E-state index contributed by atoms with van der Waals surface area (Å²) in [6.45, 7) is 8.99. The summed E-state index contributed by atoms with van der Waals surface area (Å²) >= 11 is 1.75. The van der Waals surface area contributed by atoms with Crippen molar-refractivity contribution in [3.8, 4) is 10.4 Å². The van der Waals surface area contributed by atoms with E-state index in [1.165, 1.54) is 4.88 Å². The molecule has 8 heteroatoms. The second-order valence-electron chi connectivity index (χ2n) is 7.67. The minimum absolute atomic E-state index is 0.166. The van der Waals surface area contributed by atoms with Gasteiger partial charge in [0, 0.05) is 43.4 Å². The monoisotopic (exact) mass is 411 g/mol. The van der Waals surface area contributed by atoms with Crippen molar-refractivity contribution >= 4 is 33.3 Å². The van der Waals surface area contributed by atoms with E-state index in [9.17, 15) is 0 Å². The maximum atomic E-state index is 5.91. The molecule has 0 amide bonds. The van der Waals surface area contributed by atoms with E-state index in [1.807, 2.05) is 24.5 Å². The van der Waals surface area contributed by atoms with Gasteiger partial charge in [-0.05, 0) is 37.6 Å². The van der Waals surface area contributed by atoms with Crippen LogP contribution in [0, 0.1) is 0 Å². The number of pyridine rings is 1. The van der Waals surface area contributed by atoms with Gasteiger partial charge >= 0.3 is 0 Å². The topological polar surface area (TPSA) is 63.6 Å². The lowest BCUT2D eigenvalue weighted by atomic mass is 10.2. The zero-order valence-electron chi connectivity index (χ0n) is 16.7. The number of nitrogens with zero attached hydrogens (tertiary/aromatic N) is 5. The van der Waals surface area contributed by atoms with Crippen molar-refractivity contribution in [2.45, 2.75) is 26.1 Å². The van der Waals surface area contributed by atoms with Crippen LogP contribution in [-0.2, 0) is 9.47 Å². The number of anilines is 2. The maximum Gasteiger partial charge on any atom is 0.228 e. The molecule has 2 aliphatic heterocycles. The Hall–Kier alpha value is -2.29. The van der Waals surface area contributed by atoms with Crippen LogP contribution in [-0.4, -0.2) is 66.6 Å². The van der Waals surface area contributed by atoms with E-state index in [1.54, 1.807) is 11.3 Å². The zero-order chi connectivity index (χ0) is 19.8. The second-order valence-corrected chi connectivity index (χ2v) is 8.72. The van der Waals surface area contributed by atoms with Crippen LogP contribution in [0.5, 0.6) is 0 Å². The van der Waals surface area contributed by atoms with Crippen LogP contribution in [0.25, 0.3) is 20.7 Å². The van der Waals surface area contributed by atoms with Gasteiger partial charge in [0.25, 0.3) is 0 Å². The fraction of sp³-hybridized carbons (Fsp3) is 0.476. The Balaban J connectivity index is 1.61. The van der Waals surface area contributed by atoms with Crippen LogP contribution in [0.3, 0.4) is 0 Å². The van der Waals surface area contributed by atoms with Crippen LogP contribution >= 0.6 is 11.3 Å². The lowest BCUT2D eigenvalue weighted by molar-refractivity contribution is -0.00569. The molecular formula is C21H25N5O2S. The molecular weight excluding hydrogens is 386 g/mol. The van der Waals surface area contributed by atoms with Crippen molar-refractivity contribution in [2.24, 2.45) is 0 Å². The van der Waals surface area contributed by atoms with Crippen molar-refractivity contribution in [1.82, 2.24) is 15.0 Å². The Morgan fingerprint density at radius 3 is 2.45 bits per heavy atom. The minimum Gasteiger partial charge on any atom is -0.378 e. The number of ether oxygens (including phenoxy) is 2. The first-order valence-electron chi connectivity index (χ1n) is 10.1. The zero-order valence-corrected chi connectivity index (χ0v) is 17.6. The molecule has 0 unspecified atom stereocenters. The number of morpholine rings is 2. The lowest BCUT2D eigenvalue weighted by Crippen LogP contribution is -2.46. The van der Waals surface area contributed by atoms with Crippen molar-refractivity contribution in [3.05, 3.63) is 30.6 Å². The predicted molar refractivity (Wildman–Crippen MR) is 116 cm³/mol. The first-order valence-corrected chi connectivity index (χ1v) is 10.9. The van der Waals surface area contributed by atoms with E-state index in [0.29, 0.717) is 0 Å². The summed E-state index contributed by atoms with van der Waals surface area (Å²) in [6, 6.07) is 6.26. The molecule has 152 valence electrons. The molecule has 29 heavy (non-hydrogen) atoms. The molecule has 3 aromatic heterocycles. The highest BCUT2D eigenvalue weighted by atomic mass is 32.1. The van der Waals surface area contributed by atoms with E-state index in [0.717, 1.165) is 66.9 Å². The van der Waals surface area contributed by atoms with Gasteiger partial charge in [-0.3, -0.25) is 4.98 Å². The minimum atomic E-state index is 0.166. The van der Waals surface area contributed by atoms with Crippen LogP contribution < -0.4 is 9.80 Å². The Morgan fingerprint density at radius 2 is 1.72 bits per heavy atom. The number of hydrogen-bond donors (Lipinski definition) is 0. The molecule has 0 aliphatic carbocycles. The summed E-state index contributed by atoms with van der Waals surface area (Å²) in [5, 5.41) is 0. The fourth-order valence-electron chi connectivity index (χ4n) is 4.03. The van der Waals surface area contributed by atoms with Crippen LogP contribution in [0.1, 0.15) is 13.8 Å². The number of fused-ring (bicyclic) bond motifs is 1. The molecule has 7 nitrogen and oxygen atoms in total. The molecule has 0 radical (unpaired) electrons. The predicted octanol–water partition coefficient (Wildman–Crippen LogP) is 3.20. The summed E-state index contributed by atoms with van der Waals surface area (Å²) in [5.41, 5.74) is 2.16. The highest BCUT2D eigenvalue weighted by molar-refractivity contribution is 7.22. The lowest BCUT2D eigenvalue weighted by Gasteiger charge is -2.36. The third-order valence-electron chi connectivity index (χ3n) is 5.32. The molecule has 0 saturated carbocycles. The average Bonchev–Trinajstić information content (AvgIpc) is 3.18. The SMILES string of the molecule is C[C@@H]1CN(c2nc(N3CCOCC3)c3sc(-c4ccncc4)cc3n2)C[C@H](C)O1. The van der Waals surface area contributed by atoms with E-state index >= 15 is 0 Å². The number of thiophene rings is 1. The highest BCUT2D eigenvalue weighted by Crippen LogP contribution is 2.38. The number of aromatic nitrogens is 3. The summed E-state index contributed by atoms with van der Waals surface area (Å²) in [4.78, 5) is 19.9. The van der Waals surface area contributed by atoms with E-state index in [2.05, 4.69) is 34.7 Å². The first-order chi connectivity index (χ1) is 14.2. The van der Waals surface area contributed by atoms with E-state index in [4.69, 9.17) is 19.4 Å².